The molecule has 9 heteroatoms. The largest absolute Gasteiger partial charge is 0.378 e. The maximum atomic E-state index is 12.6. The third-order valence-corrected chi connectivity index (χ3v) is 5.39. The molecule has 0 spiro atoms. The van der Waals surface area contributed by atoms with Crippen LogP contribution < -0.4 is 4.90 Å². The first-order chi connectivity index (χ1) is 13.0. The third kappa shape index (κ3) is 4.14. The van der Waals surface area contributed by atoms with Crippen LogP contribution in [0, 0.1) is 10.1 Å². The summed E-state index contributed by atoms with van der Waals surface area (Å²) in [4.78, 5) is 32.2. The normalized spacial score (nSPS) is 20.7. The summed E-state index contributed by atoms with van der Waals surface area (Å²) in [7, 11) is 0. The number of morpholine rings is 1. The van der Waals surface area contributed by atoms with Gasteiger partial charge in [-0.1, -0.05) is 6.07 Å². The lowest BCUT2D eigenvalue weighted by atomic mass is 10.1. The number of likely N-dealkylation sites (N-methyl/N-ethyl adjacent to an activating group) is 1. The van der Waals surface area contributed by atoms with Crippen LogP contribution in [0.15, 0.2) is 28.1 Å². The number of amidine groups is 1. The van der Waals surface area contributed by atoms with Crippen molar-refractivity contribution < 1.29 is 14.5 Å². The molecule has 1 aromatic carbocycles. The number of thioether (sulfide) groups is 1. The van der Waals surface area contributed by atoms with Gasteiger partial charge in [-0.3, -0.25) is 24.8 Å². The van der Waals surface area contributed by atoms with Gasteiger partial charge in [-0.25, -0.2) is 0 Å². The Morgan fingerprint density at radius 3 is 2.70 bits per heavy atom. The molecule has 144 valence electrons. The number of hydrogen-bond donors (Lipinski definition) is 0. The zero-order chi connectivity index (χ0) is 19.4. The zero-order valence-corrected chi connectivity index (χ0v) is 16.2. The van der Waals surface area contributed by atoms with Crippen molar-refractivity contribution in [2.75, 3.05) is 44.3 Å². The number of carbonyl (C=O) groups is 1. The number of nitrogens with zero attached hydrogens (tertiary/aromatic N) is 4. The average molecular weight is 390 g/mol. The van der Waals surface area contributed by atoms with E-state index < -0.39 is 0 Å². The van der Waals surface area contributed by atoms with Crippen LogP contribution in [0.3, 0.4) is 0 Å². The Morgan fingerprint density at radius 2 is 2.07 bits per heavy atom. The van der Waals surface area contributed by atoms with Crippen molar-refractivity contribution in [1.29, 1.82) is 0 Å². The molecule has 0 N–H and O–H groups in total. The van der Waals surface area contributed by atoms with Crippen LogP contribution in [-0.4, -0.2) is 60.3 Å². The van der Waals surface area contributed by atoms with Gasteiger partial charge >= 0.3 is 0 Å². The topological polar surface area (TPSA) is 88.3 Å². The second-order valence-corrected chi connectivity index (χ2v) is 7.03. The number of aliphatic imine (C=N–C) groups is 1. The van der Waals surface area contributed by atoms with Crippen molar-refractivity contribution in [3.05, 3.63) is 38.8 Å². The number of hydrogen-bond acceptors (Lipinski definition) is 7. The van der Waals surface area contributed by atoms with E-state index in [4.69, 9.17) is 4.74 Å². The van der Waals surface area contributed by atoms with Crippen LogP contribution >= 0.6 is 11.8 Å². The summed E-state index contributed by atoms with van der Waals surface area (Å²) in [5.74, 6) is -0.116. The Bertz CT molecular complexity index is 803. The molecule has 3 rings (SSSR count). The van der Waals surface area contributed by atoms with Gasteiger partial charge in [0.25, 0.3) is 11.6 Å². The first-order valence-corrected chi connectivity index (χ1v) is 9.73. The lowest BCUT2D eigenvalue weighted by Crippen LogP contribution is -2.36. The minimum Gasteiger partial charge on any atom is -0.378 e. The first-order valence-electron chi connectivity index (χ1n) is 8.92. The molecule has 1 aromatic rings. The van der Waals surface area contributed by atoms with E-state index in [0.29, 0.717) is 60.7 Å². The van der Waals surface area contributed by atoms with Crippen molar-refractivity contribution in [3.63, 3.8) is 0 Å². The summed E-state index contributed by atoms with van der Waals surface area (Å²) < 4.78 is 5.32. The van der Waals surface area contributed by atoms with Gasteiger partial charge in [-0.05, 0) is 43.3 Å². The Balaban J connectivity index is 1.92. The van der Waals surface area contributed by atoms with Gasteiger partial charge in [-0.2, -0.15) is 0 Å². The molecule has 2 fully saturated rings. The van der Waals surface area contributed by atoms with Gasteiger partial charge in [0.2, 0.25) is 0 Å². The molecule has 0 aromatic heterocycles. The Labute approximate surface area is 162 Å². The van der Waals surface area contributed by atoms with Crippen LogP contribution in [0.4, 0.5) is 11.4 Å². The molecule has 0 unspecified atom stereocenters. The predicted molar refractivity (Wildman–Crippen MR) is 107 cm³/mol. The number of nitro groups is 1. The average Bonchev–Trinajstić information content (AvgIpc) is 2.97. The fourth-order valence-corrected chi connectivity index (χ4v) is 4.14. The number of carbonyl (C=O) groups excluding carboxylic acids is 1. The minimum atomic E-state index is -0.376. The second kappa shape index (κ2) is 8.53. The summed E-state index contributed by atoms with van der Waals surface area (Å²) in [6, 6.07) is 5.08. The van der Waals surface area contributed by atoms with Crippen molar-refractivity contribution in [2.45, 2.75) is 13.8 Å². The van der Waals surface area contributed by atoms with Crippen LogP contribution in [-0.2, 0) is 9.53 Å². The number of nitro benzene ring substituents is 1. The van der Waals surface area contributed by atoms with Crippen LogP contribution in [0.1, 0.15) is 19.4 Å². The Hall–Kier alpha value is -2.39. The molecule has 0 saturated carbocycles. The van der Waals surface area contributed by atoms with Crippen LogP contribution in [0.2, 0.25) is 0 Å². The summed E-state index contributed by atoms with van der Waals surface area (Å²) >= 11 is 1.31. The number of amides is 1. The lowest BCUT2D eigenvalue weighted by molar-refractivity contribution is -0.384. The molecular weight excluding hydrogens is 368 g/mol. The number of rotatable bonds is 5. The van der Waals surface area contributed by atoms with E-state index in [1.165, 1.54) is 17.8 Å². The predicted octanol–water partition coefficient (Wildman–Crippen LogP) is 2.74. The van der Waals surface area contributed by atoms with Gasteiger partial charge in [-0.15, -0.1) is 0 Å². The molecule has 1 amide bonds. The highest BCUT2D eigenvalue weighted by Gasteiger charge is 2.32. The first kappa shape index (κ1) is 19.4. The number of anilines is 1. The Kier molecular flexibility index (Phi) is 6.12. The molecule has 2 aliphatic heterocycles. The second-order valence-electron chi connectivity index (χ2n) is 6.02. The fraction of sp³-hybridized carbons (Fsp3) is 0.444. The third-order valence-electron chi connectivity index (χ3n) is 4.34. The van der Waals surface area contributed by atoms with E-state index in [-0.39, 0.29) is 16.5 Å². The molecular formula is C18H22N4O4S. The van der Waals surface area contributed by atoms with E-state index in [9.17, 15) is 14.9 Å². The zero-order valence-electron chi connectivity index (χ0n) is 15.4. The molecule has 0 bridgehead atoms. The van der Waals surface area contributed by atoms with Gasteiger partial charge in [0.05, 0.1) is 23.0 Å². The van der Waals surface area contributed by atoms with Crippen LogP contribution in [0.25, 0.3) is 6.08 Å². The Morgan fingerprint density at radius 1 is 1.33 bits per heavy atom. The highest BCUT2D eigenvalue weighted by Crippen LogP contribution is 2.35. The van der Waals surface area contributed by atoms with Crippen LogP contribution in [0.5, 0.6) is 0 Å². The van der Waals surface area contributed by atoms with E-state index >= 15 is 0 Å². The summed E-state index contributed by atoms with van der Waals surface area (Å²) in [5, 5.41) is 12.3. The highest BCUT2D eigenvalue weighted by molar-refractivity contribution is 8.18. The van der Waals surface area contributed by atoms with Crippen molar-refractivity contribution >= 4 is 40.3 Å². The van der Waals surface area contributed by atoms with Gasteiger partial charge in [0.15, 0.2) is 5.17 Å². The minimum absolute atomic E-state index is 0.0384. The molecule has 2 heterocycles. The van der Waals surface area contributed by atoms with Gasteiger partial charge in [0, 0.05) is 32.2 Å². The lowest BCUT2D eigenvalue weighted by Gasteiger charge is -2.28. The number of ether oxygens (including phenoxy) is 1. The summed E-state index contributed by atoms with van der Waals surface area (Å²) in [5.41, 5.74) is 1.25. The maximum absolute atomic E-state index is 12.6. The molecule has 2 aliphatic rings. The quantitative estimate of drug-likeness (QED) is 0.436. The highest BCUT2D eigenvalue weighted by atomic mass is 32.2. The molecule has 27 heavy (non-hydrogen) atoms. The van der Waals surface area contributed by atoms with E-state index in [0.717, 1.165) is 0 Å². The standard InChI is InChI=1S/C18H22N4O4S/c1-3-19-18-21(4-2)17(23)16(27-18)12-13-5-6-14(15(11-13)22(24)25)20-7-9-26-10-8-20/h5-6,11-12H,3-4,7-10H2,1-2H3/b16-12+,19-18?. The molecule has 0 radical (unpaired) electrons. The van der Waals surface area contributed by atoms with Crippen molar-refractivity contribution in [1.82, 2.24) is 4.90 Å². The molecule has 0 atom stereocenters. The maximum Gasteiger partial charge on any atom is 0.293 e. The van der Waals surface area contributed by atoms with Gasteiger partial charge < -0.3 is 9.64 Å². The van der Waals surface area contributed by atoms with E-state index in [2.05, 4.69) is 4.99 Å². The molecule has 8 nitrogen and oxygen atoms in total. The van der Waals surface area contributed by atoms with E-state index in [1.807, 2.05) is 24.8 Å². The summed E-state index contributed by atoms with van der Waals surface area (Å²) in [6.45, 7) is 7.31. The SMILES string of the molecule is CCN=C1S/C(=C/c2ccc(N3CCOCC3)c([N+](=O)[O-])c2)C(=O)N1CC. The van der Waals surface area contributed by atoms with Gasteiger partial charge in [0.1, 0.15) is 5.69 Å². The molecule has 2 saturated heterocycles. The van der Waals surface area contributed by atoms with E-state index in [1.54, 1.807) is 17.0 Å². The monoisotopic (exact) mass is 390 g/mol. The smallest absolute Gasteiger partial charge is 0.293 e. The fourth-order valence-electron chi connectivity index (χ4n) is 3.04. The summed E-state index contributed by atoms with van der Waals surface area (Å²) in [6.07, 6.45) is 1.70. The van der Waals surface area contributed by atoms with Crippen molar-refractivity contribution in [2.24, 2.45) is 4.99 Å². The van der Waals surface area contributed by atoms with Crippen molar-refractivity contribution in [3.8, 4) is 0 Å². The number of benzene rings is 1. The molecule has 0 aliphatic carbocycles.